The molecule has 1 aromatic carbocycles. The number of hydrogen-bond donors (Lipinski definition) is 2. The molecule has 0 unspecified atom stereocenters. The van der Waals surface area contributed by atoms with Gasteiger partial charge in [-0.1, -0.05) is 13.0 Å². The third kappa shape index (κ3) is 1.73. The molecule has 3 nitrogen and oxygen atoms in total. The number of fused-ring (bicyclic) bond motifs is 5. The predicted molar refractivity (Wildman–Crippen MR) is 79.4 cm³/mol. The van der Waals surface area contributed by atoms with Crippen molar-refractivity contribution in [2.24, 2.45) is 17.3 Å². The van der Waals surface area contributed by atoms with Crippen LogP contribution in [0.3, 0.4) is 0 Å². The second-order valence-electron chi connectivity index (χ2n) is 7.41. The number of Topliss-reactive ketones (excluding diaryl/α,β-unsaturated/α-hetero) is 1. The van der Waals surface area contributed by atoms with Gasteiger partial charge in [-0.15, -0.1) is 0 Å². The van der Waals surface area contributed by atoms with Crippen LogP contribution in [0, 0.1) is 17.3 Å². The van der Waals surface area contributed by atoms with Crippen LogP contribution in [0.2, 0.25) is 0 Å². The summed E-state index contributed by atoms with van der Waals surface area (Å²) in [4.78, 5) is 12.5. The molecule has 5 atom stereocenters. The van der Waals surface area contributed by atoms with Crippen molar-refractivity contribution < 1.29 is 15.0 Å². The van der Waals surface area contributed by atoms with Gasteiger partial charge < -0.3 is 10.2 Å². The highest BCUT2D eigenvalue weighted by atomic mass is 16.3. The van der Waals surface area contributed by atoms with Crippen LogP contribution in [-0.2, 0) is 0 Å². The van der Waals surface area contributed by atoms with Gasteiger partial charge in [0.1, 0.15) is 5.75 Å². The topological polar surface area (TPSA) is 57.5 Å². The van der Waals surface area contributed by atoms with E-state index < -0.39 is 0 Å². The first-order valence-corrected chi connectivity index (χ1v) is 8.05. The molecule has 2 fully saturated rings. The molecule has 0 radical (unpaired) electrons. The highest BCUT2D eigenvalue weighted by Gasteiger charge is 2.55. The van der Waals surface area contributed by atoms with Crippen molar-refractivity contribution in [3.05, 3.63) is 29.3 Å². The van der Waals surface area contributed by atoms with Crippen molar-refractivity contribution in [3.63, 3.8) is 0 Å². The number of hydrogen-bond acceptors (Lipinski definition) is 3. The summed E-state index contributed by atoms with van der Waals surface area (Å²) >= 11 is 0. The average molecular weight is 286 g/mol. The molecule has 3 heteroatoms. The third-order valence-corrected chi connectivity index (χ3v) is 6.54. The first kappa shape index (κ1) is 13.3. The van der Waals surface area contributed by atoms with Crippen LogP contribution in [0.4, 0.5) is 0 Å². The molecule has 0 aliphatic heterocycles. The van der Waals surface area contributed by atoms with E-state index in [9.17, 15) is 15.0 Å². The Kier molecular flexibility index (Phi) is 2.74. The molecule has 2 N–H and O–H groups in total. The molecule has 0 saturated heterocycles. The summed E-state index contributed by atoms with van der Waals surface area (Å²) in [5.41, 5.74) is 1.84. The Morgan fingerprint density at radius 3 is 2.86 bits per heavy atom. The summed E-state index contributed by atoms with van der Waals surface area (Å²) in [5, 5.41) is 20.0. The maximum atomic E-state index is 12.5. The van der Waals surface area contributed by atoms with Crippen molar-refractivity contribution in [3.8, 4) is 5.75 Å². The number of aliphatic hydroxyl groups is 1. The number of benzene rings is 1. The molecule has 3 aliphatic rings. The number of carbonyl (C=O) groups is 1. The van der Waals surface area contributed by atoms with E-state index in [1.54, 1.807) is 12.1 Å². The molecule has 0 spiro atoms. The van der Waals surface area contributed by atoms with Crippen molar-refractivity contribution in [2.45, 2.75) is 51.0 Å². The molecule has 0 amide bonds. The number of phenolic OH excluding ortho intramolecular Hbond substituents is 1. The van der Waals surface area contributed by atoms with E-state index in [2.05, 4.69) is 6.92 Å². The van der Waals surface area contributed by atoms with Gasteiger partial charge in [0.05, 0.1) is 6.10 Å². The Hall–Kier alpha value is -1.35. The second kappa shape index (κ2) is 4.33. The Bertz CT molecular complexity index is 608. The minimum absolute atomic E-state index is 0.00410. The number of phenols is 1. The first-order chi connectivity index (χ1) is 10.0. The zero-order valence-electron chi connectivity index (χ0n) is 12.4. The minimum Gasteiger partial charge on any atom is -0.508 e. The van der Waals surface area contributed by atoms with Crippen LogP contribution < -0.4 is 0 Å². The lowest BCUT2D eigenvalue weighted by Gasteiger charge is -2.49. The van der Waals surface area contributed by atoms with Crippen LogP contribution in [0.15, 0.2) is 18.2 Å². The number of rotatable bonds is 0. The average Bonchev–Trinajstić information content (AvgIpc) is 2.76. The molecule has 2 saturated carbocycles. The highest BCUT2D eigenvalue weighted by Crippen LogP contribution is 2.60. The van der Waals surface area contributed by atoms with Crippen LogP contribution in [0.1, 0.15) is 60.9 Å². The van der Waals surface area contributed by atoms with Gasteiger partial charge in [0, 0.05) is 12.0 Å². The Labute approximate surface area is 125 Å². The van der Waals surface area contributed by atoms with E-state index in [1.807, 2.05) is 6.07 Å². The van der Waals surface area contributed by atoms with Crippen molar-refractivity contribution in [1.82, 2.24) is 0 Å². The fraction of sp³-hybridized carbons (Fsp3) is 0.611. The van der Waals surface area contributed by atoms with Crippen LogP contribution in [-0.4, -0.2) is 22.1 Å². The van der Waals surface area contributed by atoms with Gasteiger partial charge in [0.15, 0.2) is 5.78 Å². The summed E-state index contributed by atoms with van der Waals surface area (Å²) in [6.45, 7) is 2.21. The SMILES string of the molecule is C[C@]12CC[C@@H]3c4ccc(O)cc4C(=O)C[C@H]3[C@H]1CC[C@@H]2O. The van der Waals surface area contributed by atoms with Gasteiger partial charge in [-0.25, -0.2) is 0 Å². The Morgan fingerprint density at radius 2 is 2.05 bits per heavy atom. The highest BCUT2D eigenvalue weighted by molar-refractivity contribution is 5.99. The van der Waals surface area contributed by atoms with Crippen molar-refractivity contribution in [1.29, 1.82) is 0 Å². The molecule has 0 heterocycles. The molecule has 0 bridgehead atoms. The predicted octanol–water partition coefficient (Wildman–Crippen LogP) is 3.25. The number of aliphatic hydroxyl groups excluding tert-OH is 1. The monoisotopic (exact) mass is 286 g/mol. The number of aromatic hydroxyl groups is 1. The van der Waals surface area contributed by atoms with Gasteiger partial charge in [-0.3, -0.25) is 4.79 Å². The lowest BCUT2D eigenvalue weighted by molar-refractivity contribution is -0.0208. The van der Waals surface area contributed by atoms with E-state index in [-0.39, 0.29) is 23.1 Å². The van der Waals surface area contributed by atoms with E-state index in [1.165, 1.54) is 0 Å². The maximum Gasteiger partial charge on any atom is 0.163 e. The van der Waals surface area contributed by atoms with Crippen LogP contribution >= 0.6 is 0 Å². The van der Waals surface area contributed by atoms with E-state index in [4.69, 9.17) is 0 Å². The van der Waals surface area contributed by atoms with E-state index >= 15 is 0 Å². The lowest BCUT2D eigenvalue weighted by atomic mass is 9.55. The molecule has 3 aliphatic carbocycles. The van der Waals surface area contributed by atoms with Crippen molar-refractivity contribution >= 4 is 5.78 Å². The molecular formula is C18H22O3. The number of ketones is 1. The molecule has 1 aromatic rings. The van der Waals surface area contributed by atoms with E-state index in [0.717, 1.165) is 36.8 Å². The molecule has 112 valence electrons. The Balaban J connectivity index is 1.77. The van der Waals surface area contributed by atoms with Crippen LogP contribution in [0.5, 0.6) is 5.75 Å². The zero-order valence-corrected chi connectivity index (χ0v) is 12.4. The fourth-order valence-corrected chi connectivity index (χ4v) is 5.36. The fourth-order valence-electron chi connectivity index (χ4n) is 5.36. The normalized spacial score (nSPS) is 41.3. The Morgan fingerprint density at radius 1 is 1.24 bits per heavy atom. The zero-order chi connectivity index (χ0) is 14.8. The van der Waals surface area contributed by atoms with Gasteiger partial charge in [0.2, 0.25) is 0 Å². The largest absolute Gasteiger partial charge is 0.508 e. The van der Waals surface area contributed by atoms with Crippen molar-refractivity contribution in [2.75, 3.05) is 0 Å². The molecule has 0 aromatic heterocycles. The number of carbonyl (C=O) groups excluding carboxylic acids is 1. The van der Waals surface area contributed by atoms with Gasteiger partial charge in [0.25, 0.3) is 0 Å². The smallest absolute Gasteiger partial charge is 0.163 e. The van der Waals surface area contributed by atoms with Gasteiger partial charge in [-0.05, 0) is 66.5 Å². The summed E-state index contributed by atoms with van der Waals surface area (Å²) in [6, 6.07) is 5.27. The standard InChI is InChI=1S/C18H22O3/c1-18-7-6-12-11-3-2-10(19)8-14(11)16(20)9-13(12)15(18)4-5-17(18)21/h2-3,8,12-13,15,17,19,21H,4-7,9H2,1H3/t12-,13-,15-,17+,18+/m1/s1. The van der Waals surface area contributed by atoms with Gasteiger partial charge >= 0.3 is 0 Å². The molecular weight excluding hydrogens is 264 g/mol. The van der Waals surface area contributed by atoms with E-state index in [0.29, 0.717) is 24.2 Å². The minimum atomic E-state index is -0.209. The summed E-state index contributed by atoms with van der Waals surface area (Å²) in [6.07, 6.45) is 4.36. The first-order valence-electron chi connectivity index (χ1n) is 8.05. The second-order valence-corrected chi connectivity index (χ2v) is 7.41. The third-order valence-electron chi connectivity index (χ3n) is 6.54. The lowest BCUT2D eigenvalue weighted by Crippen LogP contribution is -2.44. The quantitative estimate of drug-likeness (QED) is 0.769. The van der Waals surface area contributed by atoms with Gasteiger partial charge in [-0.2, -0.15) is 0 Å². The summed E-state index contributed by atoms with van der Waals surface area (Å²) in [5.74, 6) is 1.58. The molecule has 21 heavy (non-hydrogen) atoms. The summed E-state index contributed by atoms with van der Waals surface area (Å²) in [7, 11) is 0. The molecule has 4 rings (SSSR count). The maximum absolute atomic E-state index is 12.5. The van der Waals surface area contributed by atoms with Crippen LogP contribution in [0.25, 0.3) is 0 Å². The summed E-state index contributed by atoms with van der Waals surface area (Å²) < 4.78 is 0.